The van der Waals surface area contributed by atoms with E-state index in [9.17, 15) is 8.78 Å². The van der Waals surface area contributed by atoms with Gasteiger partial charge in [-0.05, 0) is 42.8 Å². The maximum atomic E-state index is 13.8. The minimum absolute atomic E-state index is 0. The molecule has 1 aliphatic heterocycles. The van der Waals surface area contributed by atoms with Crippen LogP contribution in [0.2, 0.25) is 0 Å². The molecule has 9 nitrogen and oxygen atoms in total. The number of benzene rings is 1. The van der Waals surface area contributed by atoms with Crippen LogP contribution >= 0.6 is 0 Å². The maximum absolute atomic E-state index is 13.8. The van der Waals surface area contributed by atoms with Crippen LogP contribution in [0.15, 0.2) is 48.8 Å². The van der Waals surface area contributed by atoms with Crippen LogP contribution in [-0.2, 0) is 0 Å². The molecule has 5 rings (SSSR count). The molecule has 3 aromatic heterocycles. The molecular formula is C24H23F2N7O2. The zero-order chi connectivity index (χ0) is 24.5. The van der Waals surface area contributed by atoms with E-state index in [1.165, 1.54) is 19.2 Å². The fourth-order valence-corrected chi connectivity index (χ4v) is 3.87. The normalized spacial score (nSPS) is 14.8. The van der Waals surface area contributed by atoms with Crippen molar-refractivity contribution in [3.63, 3.8) is 0 Å². The van der Waals surface area contributed by atoms with Gasteiger partial charge in [0.1, 0.15) is 29.9 Å². The molecule has 0 amide bonds. The summed E-state index contributed by atoms with van der Waals surface area (Å²) in [6.07, 6.45) is 3.22. The van der Waals surface area contributed by atoms with Crippen LogP contribution in [0, 0.1) is 18.6 Å². The molecule has 0 radical (unpaired) electrons. The van der Waals surface area contributed by atoms with E-state index in [0.29, 0.717) is 45.9 Å². The Balaban J connectivity index is 0.00000304. The van der Waals surface area contributed by atoms with Gasteiger partial charge in [-0.15, -0.1) is 0 Å². The second-order valence-electron chi connectivity index (χ2n) is 7.89. The number of rotatable bonds is 5. The quantitative estimate of drug-likeness (QED) is 0.444. The second-order valence-corrected chi connectivity index (χ2v) is 7.89. The van der Waals surface area contributed by atoms with E-state index >= 15 is 0 Å². The van der Waals surface area contributed by atoms with Gasteiger partial charge in [0, 0.05) is 20.7 Å². The maximum Gasteiger partial charge on any atom is 0.230 e. The molecule has 4 heterocycles. The van der Waals surface area contributed by atoms with Crippen LogP contribution in [0.25, 0.3) is 11.3 Å². The fraction of sp³-hybridized carbons (Fsp3) is 0.208. The first-order valence-electron chi connectivity index (χ1n) is 10.7. The van der Waals surface area contributed by atoms with Crippen molar-refractivity contribution in [3.05, 3.63) is 71.8 Å². The van der Waals surface area contributed by atoms with E-state index in [1.807, 2.05) is 13.0 Å². The van der Waals surface area contributed by atoms with Crippen LogP contribution in [-0.4, -0.2) is 45.7 Å². The number of anilines is 3. The summed E-state index contributed by atoms with van der Waals surface area (Å²) in [5, 5.41) is 3.06. The number of fused-ring (bicyclic) bond motifs is 1. The Labute approximate surface area is 201 Å². The van der Waals surface area contributed by atoms with Gasteiger partial charge < -0.3 is 19.7 Å². The monoisotopic (exact) mass is 479 g/mol. The Bertz CT molecular complexity index is 1390. The molecule has 4 aromatic rings. The lowest BCUT2D eigenvalue weighted by Gasteiger charge is -2.35. The molecule has 1 unspecified atom stereocenters. The highest BCUT2D eigenvalue weighted by Gasteiger charge is 2.29. The fourth-order valence-electron chi connectivity index (χ4n) is 3.87. The van der Waals surface area contributed by atoms with Crippen LogP contribution in [0.1, 0.15) is 18.9 Å². The third kappa shape index (κ3) is 4.52. The van der Waals surface area contributed by atoms with Gasteiger partial charge >= 0.3 is 0 Å². The molecule has 180 valence electrons. The van der Waals surface area contributed by atoms with Gasteiger partial charge in [0.25, 0.3) is 0 Å². The van der Waals surface area contributed by atoms with E-state index in [4.69, 9.17) is 9.47 Å². The highest BCUT2D eigenvalue weighted by atomic mass is 19.1. The van der Waals surface area contributed by atoms with Crippen molar-refractivity contribution in [2.75, 3.05) is 31.0 Å². The number of hydrogen-bond acceptors (Lipinski definition) is 9. The van der Waals surface area contributed by atoms with Crippen molar-refractivity contribution in [3.8, 4) is 22.9 Å². The average Bonchev–Trinajstić information content (AvgIpc) is 2.84. The molecule has 0 fully saturated rings. The number of aromatic nitrogens is 5. The number of methoxy groups -OCH3 is 1. The Kier molecular flexibility index (Phi) is 5.81. The van der Waals surface area contributed by atoms with E-state index in [2.05, 4.69) is 30.2 Å². The van der Waals surface area contributed by atoms with Crippen molar-refractivity contribution in [2.24, 2.45) is 0 Å². The van der Waals surface area contributed by atoms with E-state index in [0.717, 1.165) is 6.07 Å². The van der Waals surface area contributed by atoms with Gasteiger partial charge in [0.05, 0.1) is 30.6 Å². The molecule has 35 heavy (non-hydrogen) atoms. The summed E-state index contributed by atoms with van der Waals surface area (Å²) >= 11 is 0. The Morgan fingerprint density at radius 3 is 2.63 bits per heavy atom. The minimum atomic E-state index is -0.648. The summed E-state index contributed by atoms with van der Waals surface area (Å²) in [6.45, 7) is 2.01. The number of ether oxygens (including phenoxy) is 2. The van der Waals surface area contributed by atoms with Crippen LogP contribution in [0.5, 0.6) is 11.6 Å². The molecule has 1 N–H and O–H groups in total. The summed E-state index contributed by atoms with van der Waals surface area (Å²) in [4.78, 5) is 23.7. The SMILES string of the molecule is COc1nc(Nc2ncc3c(n2)N(C)C(c2cc(F)cc(F)c2)CO3)ccc1-c1ccnc(C)n1.[HH]. The zero-order valence-electron chi connectivity index (χ0n) is 19.2. The predicted molar refractivity (Wildman–Crippen MR) is 127 cm³/mol. The van der Waals surface area contributed by atoms with Gasteiger partial charge in [0.2, 0.25) is 11.8 Å². The van der Waals surface area contributed by atoms with Crippen molar-refractivity contribution < 1.29 is 19.7 Å². The molecule has 11 heteroatoms. The topological polar surface area (TPSA) is 98.2 Å². The third-order valence-electron chi connectivity index (χ3n) is 5.55. The molecule has 1 aliphatic rings. The zero-order valence-corrected chi connectivity index (χ0v) is 19.2. The smallest absolute Gasteiger partial charge is 0.230 e. The standard InChI is InChI=1S/C24H21F2N7O2.H2/c1-13-27-7-6-18(29-13)17-4-5-21(30-23(17)34-3)31-24-28-11-20-22(32-24)33(2)19(12-35-20)14-8-15(25)10-16(26)9-14;/h4-11,19H,12H2,1-3H3,(H,28,30,31,32);1H. The van der Waals surface area contributed by atoms with Gasteiger partial charge in [-0.1, -0.05) is 0 Å². The molecule has 1 atom stereocenters. The number of hydrogen-bond donors (Lipinski definition) is 1. The Morgan fingerprint density at radius 1 is 1.09 bits per heavy atom. The first-order chi connectivity index (χ1) is 16.9. The summed E-state index contributed by atoms with van der Waals surface area (Å²) < 4.78 is 38.8. The average molecular weight is 479 g/mol. The molecule has 1 aromatic carbocycles. The van der Waals surface area contributed by atoms with Gasteiger partial charge in [0.15, 0.2) is 11.6 Å². The first kappa shape index (κ1) is 22.4. The Morgan fingerprint density at radius 2 is 1.89 bits per heavy atom. The molecule has 0 bridgehead atoms. The van der Waals surface area contributed by atoms with Gasteiger partial charge in [-0.25, -0.2) is 23.7 Å². The lowest BCUT2D eigenvalue weighted by Crippen LogP contribution is -2.34. The van der Waals surface area contributed by atoms with Gasteiger partial charge in [-0.3, -0.25) is 0 Å². The summed E-state index contributed by atoms with van der Waals surface area (Å²) in [6, 6.07) is 8.36. The van der Waals surface area contributed by atoms with E-state index in [-0.39, 0.29) is 14.0 Å². The minimum Gasteiger partial charge on any atom is -0.486 e. The summed E-state index contributed by atoms with van der Waals surface area (Å²) in [5.74, 6) is 1.38. The Hall–Kier alpha value is -4.41. The van der Waals surface area contributed by atoms with Crippen molar-refractivity contribution in [1.82, 2.24) is 24.9 Å². The van der Waals surface area contributed by atoms with Crippen molar-refractivity contribution >= 4 is 17.6 Å². The number of nitrogens with zero attached hydrogens (tertiary/aromatic N) is 6. The number of halogens is 2. The van der Waals surface area contributed by atoms with Crippen molar-refractivity contribution in [1.29, 1.82) is 0 Å². The van der Waals surface area contributed by atoms with Crippen LogP contribution in [0.4, 0.5) is 26.4 Å². The lowest BCUT2D eigenvalue weighted by atomic mass is 10.0. The molecule has 0 saturated carbocycles. The summed E-state index contributed by atoms with van der Waals surface area (Å²) in [7, 11) is 3.31. The third-order valence-corrected chi connectivity index (χ3v) is 5.55. The van der Waals surface area contributed by atoms with Crippen LogP contribution in [0.3, 0.4) is 0 Å². The van der Waals surface area contributed by atoms with Gasteiger partial charge in [-0.2, -0.15) is 9.97 Å². The number of pyridine rings is 1. The molecule has 0 spiro atoms. The lowest BCUT2D eigenvalue weighted by molar-refractivity contribution is 0.264. The highest BCUT2D eigenvalue weighted by Crippen LogP contribution is 2.37. The molecular weight excluding hydrogens is 456 g/mol. The number of nitrogens with one attached hydrogen (secondary N) is 1. The summed E-state index contributed by atoms with van der Waals surface area (Å²) in [5.41, 5.74) is 1.86. The van der Waals surface area contributed by atoms with Crippen molar-refractivity contribution in [2.45, 2.75) is 13.0 Å². The number of aryl methyl sites for hydroxylation is 1. The predicted octanol–water partition coefficient (Wildman–Crippen LogP) is 4.48. The molecule has 0 saturated heterocycles. The first-order valence-corrected chi connectivity index (χ1v) is 10.7. The largest absolute Gasteiger partial charge is 0.486 e. The van der Waals surface area contributed by atoms with Crippen LogP contribution < -0.4 is 19.7 Å². The van der Waals surface area contributed by atoms with E-state index < -0.39 is 17.7 Å². The van der Waals surface area contributed by atoms with E-state index in [1.54, 1.807) is 36.5 Å². The number of likely N-dealkylation sites (N-methyl/N-ethyl adjacent to an activating group) is 1. The second kappa shape index (κ2) is 9.09. The highest BCUT2D eigenvalue weighted by molar-refractivity contribution is 5.68. The molecule has 0 aliphatic carbocycles.